The molecule has 2 aromatic rings. The van der Waals surface area contributed by atoms with E-state index in [-0.39, 0.29) is 5.56 Å². The molecule has 0 aliphatic carbocycles. The lowest BCUT2D eigenvalue weighted by Gasteiger charge is -2.01. The maximum Gasteiger partial charge on any atom is 0.258 e. The van der Waals surface area contributed by atoms with E-state index in [1.807, 2.05) is 0 Å². The molecule has 0 fully saturated rings. The third-order valence-corrected chi connectivity index (χ3v) is 2.34. The Bertz CT molecular complexity index is 565. The van der Waals surface area contributed by atoms with Crippen molar-refractivity contribution in [1.29, 1.82) is 0 Å². The van der Waals surface area contributed by atoms with Gasteiger partial charge in [-0.05, 0) is 25.1 Å². The number of H-pyrrole nitrogens is 1. The fraction of sp³-hybridized carbons (Fsp3) is 0.273. The van der Waals surface area contributed by atoms with Gasteiger partial charge in [0.1, 0.15) is 11.6 Å². The summed E-state index contributed by atoms with van der Waals surface area (Å²) in [6.07, 6.45) is 1.34. The second-order valence-corrected chi connectivity index (χ2v) is 3.57. The summed E-state index contributed by atoms with van der Waals surface area (Å²) in [5, 5.41) is 0.401. The molecule has 0 radical (unpaired) electrons. The predicted octanol–water partition coefficient (Wildman–Crippen LogP) is 0.954. The summed E-state index contributed by atoms with van der Waals surface area (Å²) in [5.74, 6) is 0.156. The molecule has 4 nitrogen and oxygen atoms in total. The van der Waals surface area contributed by atoms with Gasteiger partial charge in [0, 0.05) is 12.5 Å². The van der Waals surface area contributed by atoms with Crippen molar-refractivity contribution in [1.82, 2.24) is 9.97 Å². The number of nitrogens with zero attached hydrogens (tertiary/aromatic N) is 1. The Kier molecular flexibility index (Phi) is 2.96. The van der Waals surface area contributed by atoms with Gasteiger partial charge in [0.05, 0.1) is 10.9 Å². The van der Waals surface area contributed by atoms with Crippen LogP contribution in [-0.4, -0.2) is 16.5 Å². The van der Waals surface area contributed by atoms with Gasteiger partial charge in [0.15, 0.2) is 0 Å². The molecule has 0 bridgehead atoms. The van der Waals surface area contributed by atoms with E-state index in [9.17, 15) is 9.18 Å². The van der Waals surface area contributed by atoms with Crippen LogP contribution >= 0.6 is 0 Å². The molecule has 2 rings (SSSR count). The van der Waals surface area contributed by atoms with Crippen LogP contribution in [0.25, 0.3) is 10.9 Å². The second kappa shape index (κ2) is 4.40. The summed E-state index contributed by atoms with van der Waals surface area (Å²) in [4.78, 5) is 18.5. The van der Waals surface area contributed by atoms with Gasteiger partial charge in [-0.15, -0.1) is 0 Å². The fourth-order valence-electron chi connectivity index (χ4n) is 1.55. The molecule has 0 saturated heterocycles. The first kappa shape index (κ1) is 10.8. The van der Waals surface area contributed by atoms with E-state index in [4.69, 9.17) is 5.73 Å². The Labute approximate surface area is 91.3 Å². The van der Waals surface area contributed by atoms with Crippen molar-refractivity contribution in [2.75, 3.05) is 6.54 Å². The van der Waals surface area contributed by atoms with Gasteiger partial charge in [-0.1, -0.05) is 0 Å². The quantitative estimate of drug-likeness (QED) is 0.810. The Morgan fingerprint density at radius 2 is 2.25 bits per heavy atom. The minimum absolute atomic E-state index is 0.239. The van der Waals surface area contributed by atoms with E-state index < -0.39 is 5.82 Å². The third kappa shape index (κ3) is 2.09. The Balaban J connectivity index is 2.52. The molecular weight excluding hydrogens is 209 g/mol. The molecule has 84 valence electrons. The van der Waals surface area contributed by atoms with Crippen LogP contribution in [0.5, 0.6) is 0 Å². The highest BCUT2D eigenvalue weighted by Crippen LogP contribution is 2.09. The van der Waals surface area contributed by atoms with E-state index in [1.54, 1.807) is 0 Å². The average molecular weight is 221 g/mol. The summed E-state index contributed by atoms with van der Waals surface area (Å²) in [6, 6.07) is 3.94. The highest BCUT2D eigenvalue weighted by molar-refractivity contribution is 5.77. The number of benzene rings is 1. The number of nitrogens with one attached hydrogen (secondary N) is 1. The van der Waals surface area contributed by atoms with Crippen molar-refractivity contribution < 1.29 is 4.39 Å². The summed E-state index contributed by atoms with van der Waals surface area (Å²) < 4.78 is 13.0. The maximum atomic E-state index is 13.0. The molecule has 1 heterocycles. The Morgan fingerprint density at radius 3 is 3.00 bits per heavy atom. The van der Waals surface area contributed by atoms with Crippen LogP contribution in [0, 0.1) is 5.82 Å². The van der Waals surface area contributed by atoms with Crippen LogP contribution in [0.4, 0.5) is 4.39 Å². The molecule has 0 aliphatic heterocycles. The van der Waals surface area contributed by atoms with Crippen molar-refractivity contribution >= 4 is 10.9 Å². The molecule has 16 heavy (non-hydrogen) atoms. The number of fused-ring (bicyclic) bond motifs is 1. The van der Waals surface area contributed by atoms with Gasteiger partial charge in [-0.2, -0.15) is 0 Å². The van der Waals surface area contributed by atoms with Gasteiger partial charge >= 0.3 is 0 Å². The van der Waals surface area contributed by atoms with Crippen molar-refractivity contribution in [2.45, 2.75) is 12.8 Å². The number of aromatic nitrogens is 2. The van der Waals surface area contributed by atoms with Gasteiger partial charge in [-0.3, -0.25) is 4.79 Å². The van der Waals surface area contributed by atoms with Crippen molar-refractivity contribution in [3.05, 3.63) is 40.2 Å². The van der Waals surface area contributed by atoms with E-state index in [0.29, 0.717) is 29.7 Å². The molecular formula is C11H12FN3O. The molecule has 0 unspecified atom stereocenters. The summed E-state index contributed by atoms with van der Waals surface area (Å²) in [5.41, 5.74) is 5.52. The summed E-state index contributed by atoms with van der Waals surface area (Å²) in [7, 11) is 0. The largest absolute Gasteiger partial charge is 0.330 e. The van der Waals surface area contributed by atoms with Crippen LogP contribution in [0.3, 0.4) is 0 Å². The molecule has 0 aliphatic rings. The lowest BCUT2D eigenvalue weighted by Crippen LogP contribution is -2.13. The van der Waals surface area contributed by atoms with Crippen LogP contribution in [0.15, 0.2) is 23.0 Å². The SMILES string of the molecule is NCCCc1nc2cc(F)ccc2c(=O)[nH]1. The molecule has 1 aromatic carbocycles. The summed E-state index contributed by atoms with van der Waals surface area (Å²) >= 11 is 0. The molecule has 3 N–H and O–H groups in total. The fourth-order valence-corrected chi connectivity index (χ4v) is 1.55. The second-order valence-electron chi connectivity index (χ2n) is 3.57. The number of hydrogen-bond acceptors (Lipinski definition) is 3. The minimum atomic E-state index is -0.393. The topological polar surface area (TPSA) is 71.8 Å². The summed E-state index contributed by atoms with van der Waals surface area (Å²) in [6.45, 7) is 0.533. The first-order valence-corrected chi connectivity index (χ1v) is 5.09. The Hall–Kier alpha value is -1.75. The van der Waals surface area contributed by atoms with Gasteiger partial charge in [0.2, 0.25) is 0 Å². The average Bonchev–Trinajstić information content (AvgIpc) is 2.25. The van der Waals surface area contributed by atoms with Crippen LogP contribution < -0.4 is 11.3 Å². The molecule has 1 aromatic heterocycles. The normalized spacial score (nSPS) is 10.9. The van der Waals surface area contributed by atoms with Crippen LogP contribution in [0.2, 0.25) is 0 Å². The van der Waals surface area contributed by atoms with Gasteiger partial charge in [0.25, 0.3) is 5.56 Å². The molecule has 0 atom stereocenters. The number of aromatic amines is 1. The van der Waals surface area contributed by atoms with Gasteiger partial charge < -0.3 is 10.7 Å². The van der Waals surface area contributed by atoms with E-state index >= 15 is 0 Å². The molecule has 0 spiro atoms. The van der Waals surface area contributed by atoms with E-state index in [0.717, 1.165) is 6.42 Å². The van der Waals surface area contributed by atoms with Gasteiger partial charge in [-0.25, -0.2) is 9.37 Å². The smallest absolute Gasteiger partial charge is 0.258 e. The third-order valence-electron chi connectivity index (χ3n) is 2.34. The van der Waals surface area contributed by atoms with Crippen LogP contribution in [-0.2, 0) is 6.42 Å². The predicted molar refractivity (Wildman–Crippen MR) is 59.7 cm³/mol. The Morgan fingerprint density at radius 1 is 1.44 bits per heavy atom. The number of hydrogen-bond donors (Lipinski definition) is 2. The van der Waals surface area contributed by atoms with Crippen molar-refractivity contribution in [3.8, 4) is 0 Å². The van der Waals surface area contributed by atoms with Crippen molar-refractivity contribution in [3.63, 3.8) is 0 Å². The molecule has 0 amide bonds. The lowest BCUT2D eigenvalue weighted by molar-refractivity contribution is 0.629. The van der Waals surface area contributed by atoms with Crippen LogP contribution in [0.1, 0.15) is 12.2 Å². The number of halogens is 1. The number of nitrogens with two attached hydrogens (primary N) is 1. The minimum Gasteiger partial charge on any atom is -0.330 e. The molecule has 5 heteroatoms. The van der Waals surface area contributed by atoms with E-state index in [2.05, 4.69) is 9.97 Å². The first-order valence-electron chi connectivity index (χ1n) is 5.09. The monoisotopic (exact) mass is 221 g/mol. The van der Waals surface area contributed by atoms with E-state index in [1.165, 1.54) is 18.2 Å². The standard InChI is InChI=1S/C11H12FN3O/c12-7-3-4-8-9(6-7)14-10(2-1-5-13)15-11(8)16/h3-4,6H,1-2,5,13H2,(H,14,15,16). The zero-order chi connectivity index (χ0) is 11.5. The lowest BCUT2D eigenvalue weighted by atomic mass is 10.2. The molecule has 0 saturated carbocycles. The zero-order valence-electron chi connectivity index (χ0n) is 8.66. The maximum absolute atomic E-state index is 13.0. The highest BCUT2D eigenvalue weighted by atomic mass is 19.1. The first-order chi connectivity index (χ1) is 7.70. The van der Waals surface area contributed by atoms with Crippen molar-refractivity contribution in [2.24, 2.45) is 5.73 Å². The number of rotatable bonds is 3. The zero-order valence-corrected chi connectivity index (χ0v) is 8.66. The highest BCUT2D eigenvalue weighted by Gasteiger charge is 2.04. The number of aryl methyl sites for hydroxylation is 1.